The molecule has 2 rings (SSSR count). The number of nitrogens with two attached hydrogens (primary N) is 1. The Morgan fingerprint density at radius 3 is 2.71 bits per heavy atom. The van der Waals surface area contributed by atoms with E-state index >= 15 is 0 Å². The number of carbonyl (C=O) groups excluding carboxylic acids is 1. The van der Waals surface area contributed by atoms with Crippen molar-refractivity contribution in [2.75, 3.05) is 12.0 Å². The van der Waals surface area contributed by atoms with Crippen LogP contribution in [0, 0.1) is 5.92 Å². The van der Waals surface area contributed by atoms with Crippen molar-refractivity contribution in [3.05, 3.63) is 17.7 Å². The predicted octanol–water partition coefficient (Wildman–Crippen LogP) is 2.20. The van der Waals surface area contributed by atoms with Gasteiger partial charge in [-0.05, 0) is 18.8 Å². The van der Waals surface area contributed by atoms with Gasteiger partial charge in [-0.1, -0.05) is 33.1 Å². The topological polar surface area (TPSA) is 92.9 Å². The minimum atomic E-state index is -0.183. The number of nitrogen functional groups attached to an aromatic ring is 1. The number of aromatic nitrogens is 2. The van der Waals surface area contributed by atoms with Gasteiger partial charge in [0.2, 0.25) is 0 Å². The summed E-state index contributed by atoms with van der Waals surface area (Å²) in [6.45, 7) is 4.70. The van der Waals surface area contributed by atoms with Crippen LogP contribution >= 0.6 is 0 Å². The Hall–Kier alpha value is -1.69. The van der Waals surface area contributed by atoms with Gasteiger partial charge in [0.1, 0.15) is 5.82 Å². The van der Waals surface area contributed by atoms with E-state index in [1.54, 1.807) is 6.20 Å². The van der Waals surface area contributed by atoms with Crippen LogP contribution in [-0.2, 0) is 0 Å². The molecule has 1 amide bonds. The first-order chi connectivity index (χ1) is 10.1. The zero-order valence-corrected chi connectivity index (χ0v) is 12.9. The lowest BCUT2D eigenvalue weighted by atomic mass is 9.89. The van der Waals surface area contributed by atoms with Gasteiger partial charge in [-0.25, -0.2) is 9.97 Å². The average molecular weight is 291 g/mol. The highest BCUT2D eigenvalue weighted by Gasteiger charge is 2.18. The van der Waals surface area contributed by atoms with Crippen LogP contribution in [0.25, 0.3) is 0 Å². The zero-order valence-electron chi connectivity index (χ0n) is 12.9. The number of carbonyl (C=O) groups is 1. The lowest BCUT2D eigenvalue weighted by molar-refractivity contribution is 0.0939. The molecule has 1 aromatic rings. The molecule has 0 spiro atoms. The summed E-state index contributed by atoms with van der Waals surface area (Å²) in [5.74, 6) is 6.67. The molecular formula is C15H25N5O. The molecule has 0 aliphatic heterocycles. The van der Waals surface area contributed by atoms with E-state index in [9.17, 15) is 4.79 Å². The van der Waals surface area contributed by atoms with Crippen LogP contribution in [0.3, 0.4) is 0 Å². The van der Waals surface area contributed by atoms with Crippen molar-refractivity contribution in [3.63, 3.8) is 0 Å². The van der Waals surface area contributed by atoms with Crippen molar-refractivity contribution < 1.29 is 4.79 Å². The summed E-state index contributed by atoms with van der Waals surface area (Å²) in [5.41, 5.74) is 3.28. The first-order valence-electron chi connectivity index (χ1n) is 7.73. The summed E-state index contributed by atoms with van der Waals surface area (Å²) < 4.78 is 0. The van der Waals surface area contributed by atoms with Crippen LogP contribution in [-0.4, -0.2) is 22.4 Å². The first kappa shape index (κ1) is 15.7. The van der Waals surface area contributed by atoms with Gasteiger partial charge < -0.3 is 10.7 Å². The molecule has 6 heteroatoms. The molecule has 0 unspecified atom stereocenters. The third kappa shape index (κ3) is 4.14. The SMILES string of the molecule is CC(C)c1ncc(NN)c(C(=O)NCC2CCCCC2)n1. The summed E-state index contributed by atoms with van der Waals surface area (Å²) in [7, 11) is 0. The van der Waals surface area contributed by atoms with E-state index in [0.29, 0.717) is 29.7 Å². The molecule has 0 bridgehead atoms. The number of anilines is 1. The zero-order chi connectivity index (χ0) is 15.2. The minimum Gasteiger partial charge on any atom is -0.350 e. The standard InChI is InChI=1S/C15H25N5O/c1-10(2)14-17-9-12(20-16)13(19-14)15(21)18-8-11-6-4-3-5-7-11/h9-11,20H,3-8,16H2,1-2H3,(H,18,21). The van der Waals surface area contributed by atoms with Gasteiger partial charge in [0, 0.05) is 12.5 Å². The van der Waals surface area contributed by atoms with Crippen LogP contribution in [0.2, 0.25) is 0 Å². The average Bonchev–Trinajstić information content (AvgIpc) is 2.52. The molecule has 1 heterocycles. The Balaban J connectivity index is 2.04. The van der Waals surface area contributed by atoms with E-state index in [0.717, 1.165) is 0 Å². The number of nitrogens with one attached hydrogen (secondary N) is 2. The molecule has 6 nitrogen and oxygen atoms in total. The fourth-order valence-electron chi connectivity index (χ4n) is 2.66. The maximum atomic E-state index is 12.3. The van der Waals surface area contributed by atoms with E-state index in [4.69, 9.17) is 5.84 Å². The van der Waals surface area contributed by atoms with Gasteiger partial charge in [-0.2, -0.15) is 0 Å². The minimum absolute atomic E-state index is 0.168. The number of nitrogens with zero attached hydrogens (tertiary/aromatic N) is 2. The highest BCUT2D eigenvalue weighted by molar-refractivity contribution is 5.97. The molecule has 1 aromatic heterocycles. The molecule has 1 aliphatic rings. The number of hydrazine groups is 1. The van der Waals surface area contributed by atoms with Gasteiger partial charge in [0.15, 0.2) is 5.69 Å². The van der Waals surface area contributed by atoms with Crippen molar-refractivity contribution in [1.29, 1.82) is 0 Å². The normalized spacial score (nSPS) is 16.0. The van der Waals surface area contributed by atoms with Gasteiger partial charge in [-0.15, -0.1) is 0 Å². The number of hydrogen-bond donors (Lipinski definition) is 3. The number of amides is 1. The van der Waals surface area contributed by atoms with E-state index in [1.165, 1.54) is 32.1 Å². The summed E-state index contributed by atoms with van der Waals surface area (Å²) >= 11 is 0. The van der Waals surface area contributed by atoms with Crippen molar-refractivity contribution in [1.82, 2.24) is 15.3 Å². The van der Waals surface area contributed by atoms with Crippen molar-refractivity contribution >= 4 is 11.6 Å². The highest BCUT2D eigenvalue weighted by atomic mass is 16.1. The van der Waals surface area contributed by atoms with Crippen molar-refractivity contribution in [2.24, 2.45) is 11.8 Å². The second-order valence-corrected chi connectivity index (χ2v) is 6.00. The van der Waals surface area contributed by atoms with E-state index < -0.39 is 0 Å². The summed E-state index contributed by atoms with van der Waals surface area (Å²) in [5, 5.41) is 2.98. The third-order valence-electron chi connectivity index (χ3n) is 3.97. The molecule has 1 saturated carbocycles. The Morgan fingerprint density at radius 2 is 2.10 bits per heavy atom. The summed E-state index contributed by atoms with van der Waals surface area (Å²) in [6.07, 6.45) is 7.81. The van der Waals surface area contributed by atoms with Crippen LogP contribution in [0.5, 0.6) is 0 Å². The number of hydrogen-bond acceptors (Lipinski definition) is 5. The Bertz CT molecular complexity index is 483. The van der Waals surface area contributed by atoms with Gasteiger partial charge in [0.05, 0.1) is 11.9 Å². The Kier molecular flexibility index (Phi) is 5.50. The van der Waals surface area contributed by atoms with Crippen molar-refractivity contribution in [2.45, 2.75) is 51.9 Å². The third-order valence-corrected chi connectivity index (χ3v) is 3.97. The molecule has 21 heavy (non-hydrogen) atoms. The van der Waals surface area contributed by atoms with Crippen LogP contribution in [0.1, 0.15) is 68.2 Å². The molecule has 116 valence electrons. The quantitative estimate of drug-likeness (QED) is 0.571. The fourth-order valence-corrected chi connectivity index (χ4v) is 2.66. The molecule has 0 saturated heterocycles. The lowest BCUT2D eigenvalue weighted by Gasteiger charge is -2.21. The molecule has 0 atom stereocenters. The van der Waals surface area contributed by atoms with Crippen LogP contribution in [0.15, 0.2) is 6.20 Å². The molecule has 1 aliphatic carbocycles. The molecular weight excluding hydrogens is 266 g/mol. The monoisotopic (exact) mass is 291 g/mol. The summed E-state index contributed by atoms with van der Waals surface area (Å²) in [6, 6.07) is 0. The molecule has 1 fully saturated rings. The Morgan fingerprint density at radius 1 is 1.38 bits per heavy atom. The first-order valence-corrected chi connectivity index (χ1v) is 7.73. The van der Waals surface area contributed by atoms with E-state index in [-0.39, 0.29) is 11.8 Å². The van der Waals surface area contributed by atoms with E-state index in [1.807, 2.05) is 13.8 Å². The molecule has 0 radical (unpaired) electrons. The van der Waals surface area contributed by atoms with Crippen molar-refractivity contribution in [3.8, 4) is 0 Å². The molecule has 4 N–H and O–H groups in total. The number of rotatable bonds is 5. The van der Waals surface area contributed by atoms with Crippen LogP contribution < -0.4 is 16.6 Å². The Labute approximate surface area is 125 Å². The fraction of sp³-hybridized carbons (Fsp3) is 0.667. The maximum absolute atomic E-state index is 12.3. The van der Waals surface area contributed by atoms with Gasteiger partial charge in [-0.3, -0.25) is 10.6 Å². The second-order valence-electron chi connectivity index (χ2n) is 6.00. The second kappa shape index (κ2) is 7.36. The predicted molar refractivity (Wildman–Crippen MR) is 82.8 cm³/mol. The lowest BCUT2D eigenvalue weighted by Crippen LogP contribution is -2.32. The van der Waals surface area contributed by atoms with E-state index in [2.05, 4.69) is 20.7 Å². The maximum Gasteiger partial charge on any atom is 0.272 e. The smallest absolute Gasteiger partial charge is 0.272 e. The summed E-state index contributed by atoms with van der Waals surface area (Å²) in [4.78, 5) is 20.9. The highest BCUT2D eigenvalue weighted by Crippen LogP contribution is 2.23. The van der Waals surface area contributed by atoms with Gasteiger partial charge in [0.25, 0.3) is 5.91 Å². The van der Waals surface area contributed by atoms with Gasteiger partial charge >= 0.3 is 0 Å². The van der Waals surface area contributed by atoms with Crippen LogP contribution in [0.4, 0.5) is 5.69 Å². The molecule has 0 aromatic carbocycles. The largest absolute Gasteiger partial charge is 0.350 e.